The second kappa shape index (κ2) is 6.78. The van der Waals surface area contributed by atoms with Gasteiger partial charge < -0.3 is 14.0 Å². The van der Waals surface area contributed by atoms with Crippen molar-refractivity contribution in [2.45, 2.75) is 26.8 Å². The van der Waals surface area contributed by atoms with Crippen molar-refractivity contribution >= 4 is 11.0 Å². The first-order valence-electron chi connectivity index (χ1n) is 8.54. The third-order valence-corrected chi connectivity index (χ3v) is 4.45. The lowest BCUT2D eigenvalue weighted by atomic mass is 10.1. The number of nitrogens with zero attached hydrogens (tertiary/aromatic N) is 1. The van der Waals surface area contributed by atoms with E-state index in [9.17, 15) is 0 Å². The molecule has 0 aliphatic rings. The lowest BCUT2D eigenvalue weighted by Gasteiger charge is -1.97. The third kappa shape index (κ3) is 3.27. The van der Waals surface area contributed by atoms with E-state index < -0.39 is 0 Å². The fourth-order valence-corrected chi connectivity index (χ4v) is 3.01. The molecular weight excluding hydrogens is 328 g/mol. The molecule has 0 saturated carbocycles. The molecule has 4 aromatic rings. The maximum Gasteiger partial charge on any atom is 0.226 e. The summed E-state index contributed by atoms with van der Waals surface area (Å²) in [5, 5.41) is 9.85. The average Bonchev–Trinajstić information content (AvgIpc) is 3.19. The van der Waals surface area contributed by atoms with Crippen LogP contribution in [0, 0.1) is 13.8 Å². The van der Waals surface area contributed by atoms with Gasteiger partial charge in [0.1, 0.15) is 17.1 Å². The van der Waals surface area contributed by atoms with Crippen LogP contribution in [0.15, 0.2) is 57.4 Å². The molecule has 2 aromatic heterocycles. The Hall–Kier alpha value is -2.89. The molecule has 0 atom stereocenters. The number of hydroxylamine groups is 1. The van der Waals surface area contributed by atoms with Crippen LogP contribution in [0.4, 0.5) is 0 Å². The predicted molar refractivity (Wildman–Crippen MR) is 99.1 cm³/mol. The van der Waals surface area contributed by atoms with Crippen LogP contribution in [0.5, 0.6) is 0 Å². The molecule has 5 heteroatoms. The molecule has 0 amide bonds. The van der Waals surface area contributed by atoms with Crippen LogP contribution in [-0.4, -0.2) is 10.2 Å². The molecule has 132 valence electrons. The van der Waals surface area contributed by atoms with Crippen LogP contribution in [0.3, 0.4) is 0 Å². The van der Waals surface area contributed by atoms with Crippen molar-refractivity contribution in [2.75, 3.05) is 0 Å². The zero-order valence-electron chi connectivity index (χ0n) is 14.7. The van der Waals surface area contributed by atoms with Crippen molar-refractivity contribution in [3.8, 4) is 11.5 Å². The molecule has 2 N–H and O–H groups in total. The quantitative estimate of drug-likeness (QED) is 0.508. The highest BCUT2D eigenvalue weighted by atomic mass is 16.5. The van der Waals surface area contributed by atoms with Crippen LogP contribution < -0.4 is 5.48 Å². The Labute approximate surface area is 151 Å². The van der Waals surface area contributed by atoms with Crippen molar-refractivity contribution < 1.29 is 14.0 Å². The first-order valence-corrected chi connectivity index (χ1v) is 8.54. The molecule has 0 spiro atoms. The van der Waals surface area contributed by atoms with E-state index in [1.165, 1.54) is 5.56 Å². The standard InChI is InChI=1S/C21H20N2O3/c1-13-3-6-16(7-4-13)21-23-19(14(2)25-21)11-18-10-17-9-15(12-22-24)5-8-20(17)26-18/h3-10,22,24H,11-12H2,1-2H3. The summed E-state index contributed by atoms with van der Waals surface area (Å²) in [7, 11) is 0. The Balaban J connectivity index is 1.61. The number of rotatable bonds is 5. The highest BCUT2D eigenvalue weighted by molar-refractivity contribution is 5.78. The second-order valence-corrected chi connectivity index (χ2v) is 6.48. The van der Waals surface area contributed by atoms with Crippen molar-refractivity contribution in [2.24, 2.45) is 0 Å². The Morgan fingerprint density at radius 2 is 1.81 bits per heavy atom. The first-order chi connectivity index (χ1) is 12.6. The summed E-state index contributed by atoms with van der Waals surface area (Å²) >= 11 is 0. The van der Waals surface area contributed by atoms with E-state index in [0.717, 1.165) is 39.3 Å². The van der Waals surface area contributed by atoms with Gasteiger partial charge in [0, 0.05) is 17.5 Å². The fourth-order valence-electron chi connectivity index (χ4n) is 3.01. The van der Waals surface area contributed by atoms with Gasteiger partial charge in [-0.3, -0.25) is 0 Å². The highest BCUT2D eigenvalue weighted by Gasteiger charge is 2.14. The van der Waals surface area contributed by atoms with Gasteiger partial charge in [-0.1, -0.05) is 23.8 Å². The number of oxazole rings is 1. The van der Waals surface area contributed by atoms with Crippen LogP contribution in [0.1, 0.15) is 28.3 Å². The van der Waals surface area contributed by atoms with Gasteiger partial charge in [0.2, 0.25) is 5.89 Å². The molecule has 0 aliphatic heterocycles. The van der Waals surface area contributed by atoms with Crippen LogP contribution in [0.25, 0.3) is 22.4 Å². The number of hydrogen-bond donors (Lipinski definition) is 2. The summed E-state index contributed by atoms with van der Waals surface area (Å²) in [6.07, 6.45) is 0.573. The van der Waals surface area contributed by atoms with Gasteiger partial charge in [0.25, 0.3) is 0 Å². The second-order valence-electron chi connectivity index (χ2n) is 6.48. The topological polar surface area (TPSA) is 71.4 Å². The van der Waals surface area contributed by atoms with E-state index >= 15 is 0 Å². The van der Waals surface area contributed by atoms with Crippen LogP contribution in [0.2, 0.25) is 0 Å². The number of hydrogen-bond acceptors (Lipinski definition) is 5. The molecule has 0 bridgehead atoms. The molecule has 0 unspecified atom stereocenters. The maximum absolute atomic E-state index is 8.84. The molecule has 0 saturated heterocycles. The Bertz CT molecular complexity index is 1050. The molecule has 5 nitrogen and oxygen atoms in total. The van der Waals surface area contributed by atoms with E-state index in [4.69, 9.17) is 14.0 Å². The van der Waals surface area contributed by atoms with E-state index in [-0.39, 0.29) is 0 Å². The lowest BCUT2D eigenvalue weighted by molar-refractivity contribution is 0.161. The maximum atomic E-state index is 8.84. The number of furan rings is 1. The van der Waals surface area contributed by atoms with E-state index in [2.05, 4.69) is 17.4 Å². The number of fused-ring (bicyclic) bond motifs is 1. The monoisotopic (exact) mass is 348 g/mol. The molecular formula is C21H20N2O3. The highest BCUT2D eigenvalue weighted by Crippen LogP contribution is 2.26. The number of benzene rings is 2. The molecule has 26 heavy (non-hydrogen) atoms. The Morgan fingerprint density at radius 3 is 2.58 bits per heavy atom. The minimum absolute atomic E-state index is 0.402. The number of aryl methyl sites for hydroxylation is 2. The van der Waals surface area contributed by atoms with Crippen LogP contribution in [-0.2, 0) is 13.0 Å². The summed E-state index contributed by atoms with van der Waals surface area (Å²) in [5.41, 5.74) is 7.03. The molecule has 2 aromatic carbocycles. The minimum atomic E-state index is 0.402. The lowest BCUT2D eigenvalue weighted by Crippen LogP contribution is -2.05. The normalized spacial score (nSPS) is 11.3. The fraction of sp³-hybridized carbons (Fsp3) is 0.190. The summed E-state index contributed by atoms with van der Waals surface area (Å²) in [6, 6.07) is 16.0. The zero-order chi connectivity index (χ0) is 18.1. The van der Waals surface area contributed by atoms with Gasteiger partial charge in [-0.25, -0.2) is 10.5 Å². The van der Waals surface area contributed by atoms with Crippen molar-refractivity contribution in [1.82, 2.24) is 10.5 Å². The van der Waals surface area contributed by atoms with Crippen molar-refractivity contribution in [3.63, 3.8) is 0 Å². The minimum Gasteiger partial charge on any atom is -0.461 e. The van der Waals surface area contributed by atoms with Crippen molar-refractivity contribution in [1.29, 1.82) is 0 Å². The number of nitrogens with one attached hydrogen (secondary N) is 1. The predicted octanol–water partition coefficient (Wildman–Crippen LogP) is 4.77. The molecule has 0 radical (unpaired) electrons. The molecule has 4 rings (SSSR count). The van der Waals surface area contributed by atoms with Gasteiger partial charge >= 0.3 is 0 Å². The SMILES string of the molecule is Cc1ccc(-c2nc(Cc3cc4cc(CNO)ccc4o3)c(C)o2)cc1. The largest absolute Gasteiger partial charge is 0.461 e. The van der Waals surface area contributed by atoms with E-state index in [1.807, 2.05) is 55.5 Å². The van der Waals surface area contributed by atoms with E-state index in [0.29, 0.717) is 18.9 Å². The van der Waals surface area contributed by atoms with Gasteiger partial charge in [0.05, 0.1) is 12.1 Å². The van der Waals surface area contributed by atoms with Crippen LogP contribution >= 0.6 is 0 Å². The smallest absolute Gasteiger partial charge is 0.226 e. The zero-order valence-corrected chi connectivity index (χ0v) is 14.7. The van der Waals surface area contributed by atoms with E-state index in [1.54, 1.807) is 0 Å². The summed E-state index contributed by atoms with van der Waals surface area (Å²) < 4.78 is 11.8. The summed E-state index contributed by atoms with van der Waals surface area (Å²) in [5.74, 6) is 2.26. The molecule has 0 aliphatic carbocycles. The Morgan fingerprint density at radius 1 is 1.00 bits per heavy atom. The van der Waals surface area contributed by atoms with Crippen molar-refractivity contribution in [3.05, 3.63) is 76.9 Å². The van der Waals surface area contributed by atoms with Gasteiger partial charge in [0.15, 0.2) is 0 Å². The van der Waals surface area contributed by atoms with Gasteiger partial charge in [-0.05, 0) is 49.7 Å². The first kappa shape index (κ1) is 16.6. The summed E-state index contributed by atoms with van der Waals surface area (Å²) in [6.45, 7) is 4.38. The molecule has 0 fully saturated rings. The van der Waals surface area contributed by atoms with Gasteiger partial charge in [-0.2, -0.15) is 0 Å². The van der Waals surface area contributed by atoms with Gasteiger partial charge in [-0.15, -0.1) is 0 Å². The number of aromatic nitrogens is 1. The average molecular weight is 348 g/mol. The molecule has 2 heterocycles. The summed E-state index contributed by atoms with van der Waals surface area (Å²) in [4.78, 5) is 4.65. The Kier molecular flexibility index (Phi) is 4.32. The third-order valence-electron chi connectivity index (χ3n) is 4.45.